The number of nitrogens with one attached hydrogen (secondary N) is 1. The van der Waals surface area contributed by atoms with Crippen LogP contribution in [0.15, 0.2) is 0 Å². The maximum Gasteiger partial charge on any atom is 0.240 e. The number of nitrogens with zero attached hydrogens (tertiary/aromatic N) is 1. The van der Waals surface area contributed by atoms with Crippen molar-refractivity contribution in [1.29, 1.82) is 0 Å². The molecule has 5 nitrogen and oxygen atoms in total. The van der Waals surface area contributed by atoms with Gasteiger partial charge in [-0.3, -0.25) is 4.79 Å². The Bertz CT molecular complexity index is 411. The van der Waals surface area contributed by atoms with Gasteiger partial charge in [-0.1, -0.05) is 0 Å². The first kappa shape index (κ1) is 13.8. The number of rotatable bonds is 5. The van der Waals surface area contributed by atoms with Crippen LogP contribution in [0.5, 0.6) is 0 Å². The van der Waals surface area contributed by atoms with E-state index in [9.17, 15) is 13.2 Å². The maximum absolute atomic E-state index is 12.3. The van der Waals surface area contributed by atoms with Gasteiger partial charge >= 0.3 is 0 Å². The molecule has 2 atom stereocenters. The van der Waals surface area contributed by atoms with E-state index in [1.807, 2.05) is 0 Å². The summed E-state index contributed by atoms with van der Waals surface area (Å²) in [6.45, 7) is 3.15. The van der Waals surface area contributed by atoms with E-state index >= 15 is 0 Å². The van der Waals surface area contributed by atoms with Crippen molar-refractivity contribution < 1.29 is 13.2 Å². The molecule has 2 aliphatic rings. The Labute approximate surface area is 109 Å². The Kier molecular flexibility index (Phi) is 3.96. The summed E-state index contributed by atoms with van der Waals surface area (Å²) in [6, 6.07) is 0.602. The van der Waals surface area contributed by atoms with Crippen molar-refractivity contribution in [3.8, 4) is 0 Å². The smallest absolute Gasteiger partial charge is 0.240 e. The third-order valence-electron chi connectivity index (χ3n) is 3.84. The van der Waals surface area contributed by atoms with Gasteiger partial charge in [0.2, 0.25) is 5.91 Å². The molecule has 1 aliphatic carbocycles. The van der Waals surface area contributed by atoms with E-state index in [2.05, 4.69) is 5.32 Å². The summed E-state index contributed by atoms with van der Waals surface area (Å²) in [4.78, 5) is 14.1. The first-order valence-corrected chi connectivity index (χ1v) is 8.58. The maximum atomic E-state index is 12.3. The predicted octanol–water partition coefficient (Wildman–Crippen LogP) is 0.163. The summed E-state index contributed by atoms with van der Waals surface area (Å²) in [5.74, 6) is -0.228. The van der Waals surface area contributed by atoms with Gasteiger partial charge in [-0.15, -0.1) is 0 Å². The summed E-state index contributed by atoms with van der Waals surface area (Å²) in [5.41, 5.74) is 0. The van der Waals surface area contributed by atoms with Crippen molar-refractivity contribution in [3.05, 3.63) is 0 Å². The Morgan fingerprint density at radius 2 is 2.06 bits per heavy atom. The number of sulfone groups is 1. The van der Waals surface area contributed by atoms with Crippen LogP contribution in [0.2, 0.25) is 0 Å². The van der Waals surface area contributed by atoms with Crippen molar-refractivity contribution >= 4 is 15.7 Å². The molecule has 1 amide bonds. The summed E-state index contributed by atoms with van der Waals surface area (Å²) in [7, 11) is -3.30. The quantitative estimate of drug-likeness (QED) is 0.776. The second kappa shape index (κ2) is 5.17. The molecule has 0 spiro atoms. The normalized spacial score (nSPS) is 26.0. The van der Waals surface area contributed by atoms with Crippen molar-refractivity contribution in [2.75, 3.05) is 19.3 Å². The number of carbonyl (C=O) groups is 1. The highest BCUT2D eigenvalue weighted by atomic mass is 32.2. The van der Waals surface area contributed by atoms with E-state index < -0.39 is 15.1 Å². The minimum Gasteiger partial charge on any atom is -0.337 e. The lowest BCUT2D eigenvalue weighted by atomic mass is 10.2. The van der Waals surface area contributed by atoms with Crippen molar-refractivity contribution in [1.82, 2.24) is 10.2 Å². The fraction of sp³-hybridized carbons (Fsp3) is 0.917. The van der Waals surface area contributed by atoms with Crippen LogP contribution in [0.3, 0.4) is 0 Å². The monoisotopic (exact) mass is 274 g/mol. The van der Waals surface area contributed by atoms with Crippen LogP contribution in [-0.4, -0.2) is 55.9 Å². The highest BCUT2D eigenvalue weighted by Crippen LogP contribution is 2.29. The minimum atomic E-state index is -3.30. The number of carbonyl (C=O) groups excluding carboxylic acids is 1. The van der Waals surface area contributed by atoms with Crippen molar-refractivity contribution in [3.63, 3.8) is 0 Å². The second-order valence-corrected chi connectivity index (χ2v) is 7.85. The van der Waals surface area contributed by atoms with E-state index in [0.717, 1.165) is 38.5 Å². The molecule has 6 heteroatoms. The lowest BCUT2D eigenvalue weighted by molar-refractivity contribution is -0.131. The van der Waals surface area contributed by atoms with Crippen molar-refractivity contribution in [2.45, 2.75) is 49.9 Å². The SMILES string of the molecule is CC(C(=O)N(CC1CCCN1)C1CC1)S(C)(=O)=O. The molecule has 0 aromatic heterocycles. The van der Waals surface area contributed by atoms with Gasteiger partial charge in [-0.25, -0.2) is 8.42 Å². The Morgan fingerprint density at radius 3 is 2.50 bits per heavy atom. The molecule has 2 fully saturated rings. The lowest BCUT2D eigenvalue weighted by Crippen LogP contribution is -2.47. The van der Waals surface area contributed by atoms with E-state index in [4.69, 9.17) is 0 Å². The Morgan fingerprint density at radius 1 is 1.39 bits per heavy atom. The minimum absolute atomic E-state index is 0.228. The van der Waals surface area contributed by atoms with Gasteiger partial charge in [0.25, 0.3) is 0 Å². The van der Waals surface area contributed by atoms with Gasteiger partial charge in [0.1, 0.15) is 5.25 Å². The molecule has 0 bridgehead atoms. The van der Waals surface area contributed by atoms with E-state index in [1.165, 1.54) is 6.92 Å². The average molecular weight is 274 g/mol. The third kappa shape index (κ3) is 3.23. The standard InChI is InChI=1S/C12H22N2O3S/c1-9(18(2,16)17)12(15)14(11-5-6-11)8-10-4-3-7-13-10/h9-11,13H,3-8H2,1-2H3. The van der Waals surface area contributed by atoms with Crippen LogP contribution in [-0.2, 0) is 14.6 Å². The van der Waals surface area contributed by atoms with Gasteiger partial charge in [0, 0.05) is 24.9 Å². The molecule has 18 heavy (non-hydrogen) atoms. The molecule has 2 unspecified atom stereocenters. The van der Waals surface area contributed by atoms with Crippen LogP contribution in [0.1, 0.15) is 32.6 Å². The van der Waals surface area contributed by atoms with Crippen LogP contribution in [0.25, 0.3) is 0 Å². The molecule has 1 saturated heterocycles. The molecule has 104 valence electrons. The molecule has 2 rings (SSSR count). The fourth-order valence-electron chi connectivity index (χ4n) is 2.37. The zero-order valence-electron chi connectivity index (χ0n) is 11.1. The second-order valence-electron chi connectivity index (χ2n) is 5.49. The largest absolute Gasteiger partial charge is 0.337 e. The highest BCUT2D eigenvalue weighted by molar-refractivity contribution is 7.92. The Hall–Kier alpha value is -0.620. The summed E-state index contributed by atoms with van der Waals surface area (Å²) >= 11 is 0. The first-order chi connectivity index (χ1) is 8.39. The summed E-state index contributed by atoms with van der Waals surface area (Å²) in [6.07, 6.45) is 5.36. The molecular formula is C12H22N2O3S. The molecule has 1 saturated carbocycles. The van der Waals surface area contributed by atoms with Crippen LogP contribution in [0, 0.1) is 0 Å². The van der Waals surface area contributed by atoms with Gasteiger partial charge in [0.05, 0.1) is 0 Å². The van der Waals surface area contributed by atoms with Gasteiger partial charge in [-0.2, -0.15) is 0 Å². The van der Waals surface area contributed by atoms with E-state index in [1.54, 1.807) is 4.90 Å². The van der Waals surface area contributed by atoms with Crippen LogP contribution in [0.4, 0.5) is 0 Å². The zero-order valence-corrected chi connectivity index (χ0v) is 11.9. The molecule has 1 N–H and O–H groups in total. The average Bonchev–Trinajstić information content (AvgIpc) is 3.00. The van der Waals surface area contributed by atoms with Crippen molar-refractivity contribution in [2.24, 2.45) is 0 Å². The summed E-state index contributed by atoms with van der Waals surface area (Å²) < 4.78 is 23.0. The van der Waals surface area contributed by atoms with E-state index in [0.29, 0.717) is 12.6 Å². The van der Waals surface area contributed by atoms with Crippen LogP contribution < -0.4 is 5.32 Å². The molecular weight excluding hydrogens is 252 g/mol. The number of hydrogen-bond acceptors (Lipinski definition) is 4. The molecule has 0 radical (unpaired) electrons. The predicted molar refractivity (Wildman–Crippen MR) is 70.1 cm³/mol. The van der Waals surface area contributed by atoms with Gasteiger partial charge < -0.3 is 10.2 Å². The molecule has 1 aliphatic heterocycles. The lowest BCUT2D eigenvalue weighted by Gasteiger charge is -2.28. The van der Waals surface area contributed by atoms with Gasteiger partial charge in [-0.05, 0) is 39.2 Å². The van der Waals surface area contributed by atoms with Crippen LogP contribution >= 0.6 is 0 Å². The number of hydrogen-bond donors (Lipinski definition) is 1. The molecule has 0 aromatic rings. The van der Waals surface area contributed by atoms with E-state index in [-0.39, 0.29) is 11.9 Å². The molecule has 0 aromatic carbocycles. The number of amides is 1. The Balaban J connectivity index is 2.02. The fourth-order valence-corrected chi connectivity index (χ4v) is 2.87. The first-order valence-electron chi connectivity index (χ1n) is 6.62. The topological polar surface area (TPSA) is 66.5 Å². The summed E-state index contributed by atoms with van der Waals surface area (Å²) in [5, 5.41) is 2.44. The van der Waals surface area contributed by atoms with Gasteiger partial charge in [0.15, 0.2) is 9.84 Å². The highest BCUT2D eigenvalue weighted by Gasteiger charge is 2.38. The molecule has 1 heterocycles. The third-order valence-corrected chi connectivity index (χ3v) is 5.33. The zero-order chi connectivity index (χ0) is 13.3.